The van der Waals surface area contributed by atoms with Gasteiger partial charge in [0.2, 0.25) is 0 Å². The summed E-state index contributed by atoms with van der Waals surface area (Å²) in [6, 6.07) is 8.96. The molecule has 1 aliphatic heterocycles. The van der Waals surface area contributed by atoms with Crippen molar-refractivity contribution in [2.24, 2.45) is 9.52 Å². The summed E-state index contributed by atoms with van der Waals surface area (Å²) in [6.45, 7) is 1.48. The lowest BCUT2D eigenvalue weighted by Gasteiger charge is -2.29. The topological polar surface area (TPSA) is 81.0 Å². The Bertz CT molecular complexity index is 1630. The fraction of sp³-hybridized carbons (Fsp3) is 0.240. The first kappa shape index (κ1) is 29.8. The molecular formula is C25H17Cl2F6N3O3S. The Kier molecular flexibility index (Phi) is 7.71. The molecule has 0 N–H and O–H groups in total. The molecule has 6 nitrogen and oxygen atoms in total. The van der Waals surface area contributed by atoms with E-state index in [9.17, 15) is 35.3 Å². The minimum atomic E-state index is -4.90. The molecule has 2 atom stereocenters. The van der Waals surface area contributed by atoms with Crippen molar-refractivity contribution in [3.05, 3.63) is 92.6 Å². The van der Waals surface area contributed by atoms with Crippen LogP contribution in [0.15, 0.2) is 69.3 Å². The SMILES string of the molecule is Cc1cc(C2=NOC(c3cc(Cl)cc(Cl)c3)(C(F)(F)F)C2)ccc1C(=O)N=S(C)(=O)c1ccc(C(F)(F)F)cn1. The molecule has 3 aromatic rings. The van der Waals surface area contributed by atoms with E-state index >= 15 is 0 Å². The van der Waals surface area contributed by atoms with Crippen LogP contribution in [-0.4, -0.2) is 33.2 Å². The first-order valence-corrected chi connectivity index (χ1v) is 13.8. The molecule has 4 rings (SSSR count). The molecular weight excluding hydrogens is 607 g/mol. The van der Waals surface area contributed by atoms with Gasteiger partial charge in [0.1, 0.15) is 5.03 Å². The molecule has 0 spiro atoms. The zero-order valence-corrected chi connectivity index (χ0v) is 22.7. The van der Waals surface area contributed by atoms with Crippen LogP contribution in [0.5, 0.6) is 0 Å². The van der Waals surface area contributed by atoms with Gasteiger partial charge in [-0.3, -0.25) is 4.79 Å². The van der Waals surface area contributed by atoms with Gasteiger partial charge < -0.3 is 4.84 Å². The highest BCUT2D eigenvalue weighted by Crippen LogP contribution is 2.49. The van der Waals surface area contributed by atoms with Crippen LogP contribution < -0.4 is 0 Å². The van der Waals surface area contributed by atoms with E-state index in [1.807, 2.05) is 0 Å². The maximum Gasteiger partial charge on any atom is 0.435 e. The van der Waals surface area contributed by atoms with E-state index in [2.05, 4.69) is 14.5 Å². The first-order valence-electron chi connectivity index (χ1n) is 11.1. The second kappa shape index (κ2) is 10.3. The molecule has 0 radical (unpaired) electrons. The van der Waals surface area contributed by atoms with E-state index in [1.54, 1.807) is 0 Å². The van der Waals surface area contributed by atoms with Gasteiger partial charge in [0.15, 0.2) is 0 Å². The Morgan fingerprint density at radius 3 is 2.20 bits per heavy atom. The number of nitrogens with zero attached hydrogens (tertiary/aromatic N) is 3. The van der Waals surface area contributed by atoms with Gasteiger partial charge in [0.05, 0.1) is 21.0 Å². The van der Waals surface area contributed by atoms with E-state index < -0.39 is 45.6 Å². The predicted octanol–water partition coefficient (Wildman–Crippen LogP) is 7.59. The molecule has 2 heterocycles. The summed E-state index contributed by atoms with van der Waals surface area (Å²) in [4.78, 5) is 21.3. The largest absolute Gasteiger partial charge is 0.435 e. The van der Waals surface area contributed by atoms with Crippen molar-refractivity contribution in [3.8, 4) is 0 Å². The molecule has 212 valence electrons. The normalized spacial score (nSPS) is 19.0. The van der Waals surface area contributed by atoms with Crippen molar-refractivity contribution in [3.63, 3.8) is 0 Å². The molecule has 40 heavy (non-hydrogen) atoms. The quantitative estimate of drug-likeness (QED) is 0.280. The number of rotatable bonds is 4. The third-order valence-electron chi connectivity index (χ3n) is 6.01. The van der Waals surface area contributed by atoms with Gasteiger partial charge in [-0.2, -0.15) is 30.7 Å². The summed E-state index contributed by atoms with van der Waals surface area (Å²) in [6.07, 6.45) is -8.73. The number of hydrogen-bond donors (Lipinski definition) is 0. The molecule has 1 aromatic heterocycles. The average Bonchev–Trinajstić information content (AvgIpc) is 3.30. The molecule has 0 saturated carbocycles. The van der Waals surface area contributed by atoms with Gasteiger partial charge in [0.25, 0.3) is 11.5 Å². The van der Waals surface area contributed by atoms with E-state index in [0.717, 1.165) is 24.5 Å². The fourth-order valence-corrected chi connectivity index (χ4v) is 5.56. The lowest BCUT2D eigenvalue weighted by molar-refractivity contribution is -0.275. The number of oxime groups is 1. The van der Waals surface area contributed by atoms with E-state index in [-0.39, 0.29) is 43.0 Å². The fourth-order valence-electron chi connectivity index (χ4n) is 3.95. The number of amides is 1. The van der Waals surface area contributed by atoms with Crippen LogP contribution in [0, 0.1) is 6.92 Å². The molecule has 15 heteroatoms. The van der Waals surface area contributed by atoms with Crippen molar-refractivity contribution in [1.82, 2.24) is 4.98 Å². The van der Waals surface area contributed by atoms with Crippen molar-refractivity contribution in [2.75, 3.05) is 6.26 Å². The number of aromatic nitrogens is 1. The molecule has 0 saturated heterocycles. The average molecular weight is 624 g/mol. The number of alkyl halides is 6. The molecule has 0 aliphatic carbocycles. The summed E-state index contributed by atoms with van der Waals surface area (Å²) in [7, 11) is -3.53. The lowest BCUT2D eigenvalue weighted by Crippen LogP contribution is -2.42. The highest BCUT2D eigenvalue weighted by Gasteiger charge is 2.62. The summed E-state index contributed by atoms with van der Waals surface area (Å²) in [5.74, 6) is -0.957. The number of hydrogen-bond acceptors (Lipinski definition) is 5. The molecule has 1 aliphatic rings. The molecule has 2 aromatic carbocycles. The van der Waals surface area contributed by atoms with E-state index in [0.29, 0.717) is 12.3 Å². The number of carbonyl (C=O) groups is 1. The van der Waals surface area contributed by atoms with Crippen LogP contribution in [0.1, 0.15) is 39.0 Å². The maximum atomic E-state index is 14.3. The van der Waals surface area contributed by atoms with Crippen LogP contribution >= 0.6 is 23.2 Å². The Balaban J connectivity index is 1.62. The Morgan fingerprint density at radius 1 is 1.02 bits per heavy atom. The van der Waals surface area contributed by atoms with Gasteiger partial charge in [-0.1, -0.05) is 34.4 Å². The van der Waals surface area contributed by atoms with Gasteiger partial charge in [-0.15, -0.1) is 0 Å². The number of aryl methyl sites for hydroxylation is 1. The van der Waals surface area contributed by atoms with Crippen LogP contribution in [0.25, 0.3) is 0 Å². The summed E-state index contributed by atoms with van der Waals surface area (Å²) in [5.41, 5.74) is -3.87. The predicted molar refractivity (Wildman–Crippen MR) is 136 cm³/mol. The number of pyridine rings is 1. The Labute approximate surface area is 234 Å². The number of carbonyl (C=O) groups excluding carboxylic acids is 1. The highest BCUT2D eigenvalue weighted by atomic mass is 35.5. The van der Waals surface area contributed by atoms with Crippen molar-refractivity contribution in [1.29, 1.82) is 0 Å². The zero-order valence-electron chi connectivity index (χ0n) is 20.4. The molecule has 0 bridgehead atoms. The third kappa shape index (κ3) is 5.81. The van der Waals surface area contributed by atoms with E-state index in [4.69, 9.17) is 28.0 Å². The maximum absolute atomic E-state index is 14.3. The van der Waals surface area contributed by atoms with E-state index in [1.165, 1.54) is 31.2 Å². The van der Waals surface area contributed by atoms with Crippen LogP contribution in [-0.2, 0) is 26.3 Å². The monoisotopic (exact) mass is 623 g/mol. The first-order chi connectivity index (χ1) is 18.4. The highest BCUT2D eigenvalue weighted by molar-refractivity contribution is 7.93. The summed E-state index contributed by atoms with van der Waals surface area (Å²) >= 11 is 11.8. The molecule has 1 amide bonds. The van der Waals surface area contributed by atoms with Crippen LogP contribution in [0.4, 0.5) is 26.3 Å². The second-order valence-electron chi connectivity index (χ2n) is 8.90. The van der Waals surface area contributed by atoms with Crippen molar-refractivity contribution >= 4 is 44.5 Å². The van der Waals surface area contributed by atoms with Gasteiger partial charge in [-0.05, 0) is 60.5 Å². The second-order valence-corrected chi connectivity index (χ2v) is 12.0. The van der Waals surface area contributed by atoms with Gasteiger partial charge >= 0.3 is 12.4 Å². The Morgan fingerprint density at radius 2 is 1.68 bits per heavy atom. The standard InChI is InChI=1S/C25H17Cl2F6N3O3S/c1-13-7-14(20-11-23(39-35-20,25(31,32)33)16-8-17(26)10-18(27)9-16)3-5-19(13)22(37)36-40(2,38)21-6-4-15(12-34-21)24(28,29)30/h3-10,12H,11H2,1-2H3. The molecule has 2 unspecified atom stereocenters. The Hall–Kier alpha value is -3.16. The smallest absolute Gasteiger partial charge is 0.374 e. The third-order valence-corrected chi connectivity index (χ3v) is 7.98. The number of halogens is 8. The van der Waals surface area contributed by atoms with Gasteiger partial charge in [0, 0.05) is 40.0 Å². The minimum Gasteiger partial charge on any atom is -0.374 e. The van der Waals surface area contributed by atoms with Crippen LogP contribution in [0.2, 0.25) is 10.0 Å². The summed E-state index contributed by atoms with van der Waals surface area (Å²) < 4.78 is 97.7. The number of benzene rings is 2. The van der Waals surface area contributed by atoms with Crippen LogP contribution in [0.3, 0.4) is 0 Å². The zero-order chi connectivity index (χ0) is 29.7. The lowest BCUT2D eigenvalue weighted by atomic mass is 9.86. The van der Waals surface area contributed by atoms with Crippen molar-refractivity contribution < 1.29 is 40.2 Å². The van der Waals surface area contributed by atoms with Crippen molar-refractivity contribution in [2.45, 2.75) is 36.3 Å². The van der Waals surface area contributed by atoms with Gasteiger partial charge in [-0.25, -0.2) is 9.19 Å². The molecule has 0 fully saturated rings. The summed E-state index contributed by atoms with van der Waals surface area (Å²) in [5, 5.41) is 3.29. The minimum absolute atomic E-state index is 0.0235.